The van der Waals surface area contributed by atoms with Crippen LogP contribution in [0, 0.1) is 11.3 Å². The Morgan fingerprint density at radius 2 is 2.19 bits per heavy atom. The molecule has 2 fully saturated rings. The van der Waals surface area contributed by atoms with E-state index in [-0.39, 0.29) is 17.2 Å². The van der Waals surface area contributed by atoms with Crippen LogP contribution in [0.15, 0.2) is 0 Å². The van der Waals surface area contributed by atoms with E-state index in [1.54, 1.807) is 0 Å². The zero-order valence-electron chi connectivity index (χ0n) is 10.5. The molecule has 0 spiro atoms. The molecule has 1 aliphatic carbocycles. The number of amides is 1. The van der Waals surface area contributed by atoms with Crippen LogP contribution < -0.4 is 10.6 Å². The van der Waals surface area contributed by atoms with Crippen molar-refractivity contribution in [1.82, 2.24) is 10.6 Å². The SMILES string of the molecule is CC1(C)CCCC1C(=O)NCC1CCCN1. The van der Waals surface area contributed by atoms with Crippen molar-refractivity contribution >= 4 is 5.91 Å². The van der Waals surface area contributed by atoms with Gasteiger partial charge < -0.3 is 10.6 Å². The number of hydrogen-bond donors (Lipinski definition) is 2. The summed E-state index contributed by atoms with van der Waals surface area (Å²) in [6.07, 6.45) is 5.90. The van der Waals surface area contributed by atoms with Gasteiger partial charge in [0.2, 0.25) is 5.91 Å². The number of nitrogens with one attached hydrogen (secondary N) is 2. The third kappa shape index (κ3) is 2.57. The Morgan fingerprint density at radius 3 is 2.75 bits per heavy atom. The maximum atomic E-state index is 12.1. The molecule has 2 unspecified atom stereocenters. The first-order valence-electron chi connectivity index (χ1n) is 6.61. The van der Waals surface area contributed by atoms with Gasteiger partial charge in [-0.15, -0.1) is 0 Å². The summed E-state index contributed by atoms with van der Waals surface area (Å²) < 4.78 is 0. The van der Waals surface area contributed by atoms with E-state index in [4.69, 9.17) is 0 Å². The van der Waals surface area contributed by atoms with Crippen LogP contribution in [-0.4, -0.2) is 25.0 Å². The Morgan fingerprint density at radius 1 is 1.38 bits per heavy atom. The molecule has 1 heterocycles. The van der Waals surface area contributed by atoms with Crippen molar-refractivity contribution in [3.05, 3.63) is 0 Å². The lowest BCUT2D eigenvalue weighted by Gasteiger charge is -2.26. The Bertz CT molecular complexity index is 257. The molecule has 1 amide bonds. The fourth-order valence-electron chi connectivity index (χ4n) is 3.09. The summed E-state index contributed by atoms with van der Waals surface area (Å²) in [6, 6.07) is 0.508. The van der Waals surface area contributed by atoms with Crippen LogP contribution in [0.25, 0.3) is 0 Å². The normalized spacial score (nSPS) is 32.9. The second-order valence-corrected chi connectivity index (χ2v) is 5.97. The van der Waals surface area contributed by atoms with Gasteiger partial charge in [0.25, 0.3) is 0 Å². The fourth-order valence-corrected chi connectivity index (χ4v) is 3.09. The molecule has 3 nitrogen and oxygen atoms in total. The lowest BCUT2D eigenvalue weighted by molar-refractivity contribution is -0.127. The Kier molecular flexibility index (Phi) is 3.53. The van der Waals surface area contributed by atoms with Gasteiger partial charge in [0.05, 0.1) is 0 Å². The van der Waals surface area contributed by atoms with Crippen LogP contribution in [0.2, 0.25) is 0 Å². The van der Waals surface area contributed by atoms with Gasteiger partial charge in [-0.05, 0) is 37.6 Å². The van der Waals surface area contributed by atoms with Gasteiger partial charge in [0.15, 0.2) is 0 Å². The average Bonchev–Trinajstić information content (AvgIpc) is 2.83. The van der Waals surface area contributed by atoms with Crippen LogP contribution in [0.5, 0.6) is 0 Å². The summed E-state index contributed by atoms with van der Waals surface area (Å²) in [7, 11) is 0. The van der Waals surface area contributed by atoms with E-state index >= 15 is 0 Å². The maximum Gasteiger partial charge on any atom is 0.223 e. The summed E-state index contributed by atoms with van der Waals surface area (Å²) in [5.74, 6) is 0.505. The van der Waals surface area contributed by atoms with Crippen molar-refractivity contribution in [2.24, 2.45) is 11.3 Å². The highest BCUT2D eigenvalue weighted by molar-refractivity contribution is 5.79. The topological polar surface area (TPSA) is 41.1 Å². The highest BCUT2D eigenvalue weighted by Gasteiger charge is 2.39. The summed E-state index contributed by atoms with van der Waals surface area (Å²) in [5, 5.41) is 6.53. The highest BCUT2D eigenvalue weighted by Crippen LogP contribution is 2.42. The molecule has 1 saturated carbocycles. The molecule has 2 atom stereocenters. The van der Waals surface area contributed by atoms with Crippen molar-refractivity contribution in [1.29, 1.82) is 0 Å². The highest BCUT2D eigenvalue weighted by atomic mass is 16.1. The van der Waals surface area contributed by atoms with Gasteiger partial charge in [-0.2, -0.15) is 0 Å². The molecule has 1 saturated heterocycles. The van der Waals surface area contributed by atoms with E-state index in [0.29, 0.717) is 6.04 Å². The summed E-state index contributed by atoms with van der Waals surface area (Å²) >= 11 is 0. The number of carbonyl (C=O) groups excluding carboxylic acids is 1. The lowest BCUT2D eigenvalue weighted by atomic mass is 9.81. The molecule has 92 valence electrons. The lowest BCUT2D eigenvalue weighted by Crippen LogP contribution is -2.42. The van der Waals surface area contributed by atoms with Crippen molar-refractivity contribution in [3.8, 4) is 0 Å². The smallest absolute Gasteiger partial charge is 0.223 e. The van der Waals surface area contributed by atoms with E-state index < -0.39 is 0 Å². The molecular formula is C13H24N2O. The molecule has 0 bridgehead atoms. The second kappa shape index (κ2) is 4.74. The molecule has 2 rings (SSSR count). The number of rotatable bonds is 3. The van der Waals surface area contributed by atoms with Crippen LogP contribution in [-0.2, 0) is 4.79 Å². The summed E-state index contributed by atoms with van der Waals surface area (Å²) in [6.45, 7) is 6.36. The second-order valence-electron chi connectivity index (χ2n) is 5.97. The molecule has 0 aromatic carbocycles. The predicted octanol–water partition coefficient (Wildman–Crippen LogP) is 1.68. The van der Waals surface area contributed by atoms with Gasteiger partial charge in [0, 0.05) is 18.5 Å². The molecule has 3 heteroatoms. The van der Waals surface area contributed by atoms with Crippen LogP contribution >= 0.6 is 0 Å². The van der Waals surface area contributed by atoms with Crippen molar-refractivity contribution in [2.75, 3.05) is 13.1 Å². The van der Waals surface area contributed by atoms with Gasteiger partial charge in [-0.1, -0.05) is 20.3 Å². The van der Waals surface area contributed by atoms with E-state index in [2.05, 4.69) is 24.5 Å². The standard InChI is InChI=1S/C13H24N2O/c1-13(2)7-3-6-11(13)12(16)15-9-10-5-4-8-14-10/h10-11,14H,3-9H2,1-2H3,(H,15,16). The molecule has 0 aromatic heterocycles. The Hall–Kier alpha value is -0.570. The first-order chi connectivity index (χ1) is 7.59. The minimum absolute atomic E-state index is 0.202. The minimum atomic E-state index is 0.202. The van der Waals surface area contributed by atoms with E-state index in [0.717, 1.165) is 19.5 Å². The van der Waals surface area contributed by atoms with Crippen LogP contribution in [0.1, 0.15) is 46.0 Å². The maximum absolute atomic E-state index is 12.1. The third-order valence-corrected chi connectivity index (χ3v) is 4.26. The molecule has 0 radical (unpaired) electrons. The third-order valence-electron chi connectivity index (χ3n) is 4.26. The molecule has 1 aliphatic heterocycles. The predicted molar refractivity (Wildman–Crippen MR) is 65.2 cm³/mol. The molecule has 0 aromatic rings. The molecular weight excluding hydrogens is 200 g/mol. The van der Waals surface area contributed by atoms with Crippen LogP contribution in [0.4, 0.5) is 0 Å². The first kappa shape index (κ1) is 11.9. The van der Waals surface area contributed by atoms with E-state index in [1.807, 2.05) is 0 Å². The molecule has 2 aliphatic rings. The Labute approximate surface area is 98.4 Å². The van der Waals surface area contributed by atoms with Crippen molar-refractivity contribution < 1.29 is 4.79 Å². The molecule has 2 N–H and O–H groups in total. The number of carbonyl (C=O) groups is 1. The zero-order chi connectivity index (χ0) is 11.6. The van der Waals surface area contributed by atoms with Crippen molar-refractivity contribution in [2.45, 2.75) is 52.0 Å². The van der Waals surface area contributed by atoms with Gasteiger partial charge in [-0.25, -0.2) is 0 Å². The van der Waals surface area contributed by atoms with Gasteiger partial charge >= 0.3 is 0 Å². The summed E-state index contributed by atoms with van der Waals surface area (Å²) in [4.78, 5) is 12.1. The quantitative estimate of drug-likeness (QED) is 0.766. The minimum Gasteiger partial charge on any atom is -0.354 e. The first-order valence-corrected chi connectivity index (χ1v) is 6.61. The zero-order valence-corrected chi connectivity index (χ0v) is 10.5. The number of hydrogen-bond acceptors (Lipinski definition) is 2. The molecule has 16 heavy (non-hydrogen) atoms. The fraction of sp³-hybridized carbons (Fsp3) is 0.923. The van der Waals surface area contributed by atoms with Gasteiger partial charge in [0.1, 0.15) is 0 Å². The largest absolute Gasteiger partial charge is 0.354 e. The summed E-state index contributed by atoms with van der Waals surface area (Å²) in [5.41, 5.74) is 0.202. The van der Waals surface area contributed by atoms with Gasteiger partial charge in [-0.3, -0.25) is 4.79 Å². The van der Waals surface area contributed by atoms with Crippen molar-refractivity contribution in [3.63, 3.8) is 0 Å². The Balaban J connectivity index is 1.79. The van der Waals surface area contributed by atoms with E-state index in [9.17, 15) is 4.79 Å². The monoisotopic (exact) mass is 224 g/mol. The average molecular weight is 224 g/mol. The van der Waals surface area contributed by atoms with E-state index in [1.165, 1.54) is 25.7 Å². The van der Waals surface area contributed by atoms with Crippen LogP contribution in [0.3, 0.4) is 0 Å².